The van der Waals surface area contributed by atoms with Crippen molar-refractivity contribution in [2.75, 3.05) is 20.7 Å². The van der Waals surface area contributed by atoms with Crippen LogP contribution in [0.5, 0.6) is 5.88 Å². The second-order valence-corrected chi connectivity index (χ2v) is 5.38. The standard InChI is InChI=1S/C11H18BrN3O/c1-8-13-9(12)6-10(14-8)16-7-11(2,3)15(4)5/h6H,7H2,1-5H3. The summed E-state index contributed by atoms with van der Waals surface area (Å²) in [5.41, 5.74) is -0.0225. The van der Waals surface area contributed by atoms with Gasteiger partial charge in [-0.1, -0.05) is 0 Å². The molecule has 5 heteroatoms. The van der Waals surface area contributed by atoms with Gasteiger partial charge in [-0.05, 0) is 50.8 Å². The fourth-order valence-electron chi connectivity index (χ4n) is 0.959. The lowest BCUT2D eigenvalue weighted by Crippen LogP contribution is -2.43. The highest BCUT2D eigenvalue weighted by Crippen LogP contribution is 2.17. The first-order valence-electron chi connectivity index (χ1n) is 5.13. The summed E-state index contributed by atoms with van der Waals surface area (Å²) in [6.07, 6.45) is 0. The van der Waals surface area contributed by atoms with Crippen molar-refractivity contribution in [1.82, 2.24) is 14.9 Å². The maximum atomic E-state index is 5.67. The minimum absolute atomic E-state index is 0.0225. The van der Waals surface area contributed by atoms with Gasteiger partial charge in [0.2, 0.25) is 5.88 Å². The Kier molecular flexibility index (Phi) is 4.27. The summed E-state index contributed by atoms with van der Waals surface area (Å²) in [7, 11) is 4.06. The highest BCUT2D eigenvalue weighted by atomic mass is 79.9. The van der Waals surface area contributed by atoms with Gasteiger partial charge in [-0.3, -0.25) is 0 Å². The van der Waals surface area contributed by atoms with Crippen LogP contribution in [-0.4, -0.2) is 41.1 Å². The minimum atomic E-state index is -0.0225. The monoisotopic (exact) mass is 287 g/mol. The molecule has 90 valence electrons. The predicted octanol–water partition coefficient (Wildman–Crippen LogP) is 2.27. The molecule has 0 amide bonds. The highest BCUT2D eigenvalue weighted by Gasteiger charge is 2.21. The number of likely N-dealkylation sites (N-methyl/N-ethyl adjacent to an activating group) is 1. The van der Waals surface area contributed by atoms with E-state index in [1.165, 1.54) is 0 Å². The van der Waals surface area contributed by atoms with Gasteiger partial charge >= 0.3 is 0 Å². The molecule has 0 saturated heterocycles. The Morgan fingerprint density at radius 1 is 1.38 bits per heavy atom. The van der Waals surface area contributed by atoms with Gasteiger partial charge in [0, 0.05) is 11.6 Å². The van der Waals surface area contributed by atoms with Crippen LogP contribution in [0.25, 0.3) is 0 Å². The first-order valence-corrected chi connectivity index (χ1v) is 5.92. The van der Waals surface area contributed by atoms with Gasteiger partial charge < -0.3 is 9.64 Å². The van der Waals surface area contributed by atoms with E-state index in [1.54, 1.807) is 6.07 Å². The van der Waals surface area contributed by atoms with Crippen molar-refractivity contribution in [3.63, 3.8) is 0 Å². The SMILES string of the molecule is Cc1nc(Br)cc(OCC(C)(C)N(C)C)n1. The smallest absolute Gasteiger partial charge is 0.217 e. The molecule has 0 aliphatic carbocycles. The fraction of sp³-hybridized carbons (Fsp3) is 0.636. The zero-order valence-electron chi connectivity index (χ0n) is 10.4. The lowest BCUT2D eigenvalue weighted by molar-refractivity contribution is 0.111. The molecule has 0 N–H and O–H groups in total. The van der Waals surface area contributed by atoms with E-state index in [4.69, 9.17) is 4.74 Å². The quantitative estimate of drug-likeness (QED) is 0.797. The second kappa shape index (κ2) is 5.10. The molecule has 0 unspecified atom stereocenters. The number of ether oxygens (including phenoxy) is 1. The third-order valence-electron chi connectivity index (χ3n) is 2.57. The molecule has 16 heavy (non-hydrogen) atoms. The molecule has 0 atom stereocenters. The van der Waals surface area contributed by atoms with Crippen molar-refractivity contribution in [2.24, 2.45) is 0 Å². The third-order valence-corrected chi connectivity index (χ3v) is 2.97. The molecule has 1 rings (SSSR count). The van der Waals surface area contributed by atoms with Crippen molar-refractivity contribution in [2.45, 2.75) is 26.3 Å². The summed E-state index contributed by atoms with van der Waals surface area (Å²) in [5, 5.41) is 0. The molecule has 0 bridgehead atoms. The Hall–Kier alpha value is -0.680. The minimum Gasteiger partial charge on any atom is -0.476 e. The Labute approximate surface area is 105 Å². The van der Waals surface area contributed by atoms with Crippen LogP contribution >= 0.6 is 15.9 Å². The van der Waals surface area contributed by atoms with Crippen molar-refractivity contribution >= 4 is 15.9 Å². The topological polar surface area (TPSA) is 38.2 Å². The van der Waals surface area contributed by atoms with E-state index < -0.39 is 0 Å². The average Bonchev–Trinajstić information content (AvgIpc) is 2.13. The van der Waals surface area contributed by atoms with Crippen LogP contribution in [0.2, 0.25) is 0 Å². The number of aryl methyl sites for hydroxylation is 1. The highest BCUT2D eigenvalue weighted by molar-refractivity contribution is 9.10. The Morgan fingerprint density at radius 2 is 2.00 bits per heavy atom. The molecular formula is C11H18BrN3O. The number of hydrogen-bond donors (Lipinski definition) is 0. The Bertz CT molecular complexity index is 346. The van der Waals surface area contributed by atoms with Gasteiger partial charge in [0.05, 0.1) is 0 Å². The maximum absolute atomic E-state index is 5.67. The molecule has 0 aromatic carbocycles. The number of halogens is 1. The molecule has 1 aromatic heterocycles. The molecular weight excluding hydrogens is 270 g/mol. The molecule has 0 aliphatic heterocycles. The Balaban J connectivity index is 2.68. The van der Waals surface area contributed by atoms with Crippen LogP contribution in [0.3, 0.4) is 0 Å². The molecule has 0 saturated carbocycles. The summed E-state index contributed by atoms with van der Waals surface area (Å²) in [6, 6.07) is 1.78. The molecule has 1 aromatic rings. The summed E-state index contributed by atoms with van der Waals surface area (Å²) in [6.45, 7) is 6.67. The number of hydrogen-bond acceptors (Lipinski definition) is 4. The van der Waals surface area contributed by atoms with E-state index in [-0.39, 0.29) is 5.54 Å². The molecule has 0 radical (unpaired) electrons. The largest absolute Gasteiger partial charge is 0.476 e. The Morgan fingerprint density at radius 3 is 2.50 bits per heavy atom. The zero-order valence-corrected chi connectivity index (χ0v) is 12.0. The van der Waals surface area contributed by atoms with Crippen LogP contribution in [0.15, 0.2) is 10.7 Å². The van der Waals surface area contributed by atoms with E-state index in [0.717, 1.165) is 4.60 Å². The van der Waals surface area contributed by atoms with Gasteiger partial charge in [-0.15, -0.1) is 0 Å². The summed E-state index contributed by atoms with van der Waals surface area (Å²) in [4.78, 5) is 10.5. The van der Waals surface area contributed by atoms with Crippen LogP contribution < -0.4 is 4.74 Å². The zero-order chi connectivity index (χ0) is 12.3. The van der Waals surface area contributed by atoms with Gasteiger partial charge in [0.1, 0.15) is 17.0 Å². The first-order chi connectivity index (χ1) is 7.31. The van der Waals surface area contributed by atoms with E-state index in [9.17, 15) is 0 Å². The lowest BCUT2D eigenvalue weighted by atomic mass is 10.1. The van der Waals surface area contributed by atoms with E-state index >= 15 is 0 Å². The third kappa shape index (κ3) is 3.72. The van der Waals surface area contributed by atoms with Crippen molar-refractivity contribution < 1.29 is 4.74 Å². The number of nitrogens with zero attached hydrogens (tertiary/aromatic N) is 3. The van der Waals surface area contributed by atoms with E-state index in [2.05, 4.69) is 44.6 Å². The van der Waals surface area contributed by atoms with Crippen molar-refractivity contribution in [1.29, 1.82) is 0 Å². The molecule has 0 aliphatic rings. The van der Waals surface area contributed by atoms with Crippen LogP contribution in [-0.2, 0) is 0 Å². The molecule has 0 spiro atoms. The number of rotatable bonds is 4. The van der Waals surface area contributed by atoms with Gasteiger partial charge in [-0.25, -0.2) is 4.98 Å². The second-order valence-electron chi connectivity index (χ2n) is 4.57. The van der Waals surface area contributed by atoms with Crippen LogP contribution in [0, 0.1) is 6.92 Å². The molecule has 1 heterocycles. The lowest BCUT2D eigenvalue weighted by Gasteiger charge is -2.31. The van der Waals surface area contributed by atoms with Crippen molar-refractivity contribution in [3.8, 4) is 5.88 Å². The fourth-order valence-corrected chi connectivity index (χ4v) is 1.41. The van der Waals surface area contributed by atoms with E-state index in [0.29, 0.717) is 18.3 Å². The first kappa shape index (κ1) is 13.4. The van der Waals surface area contributed by atoms with Crippen molar-refractivity contribution in [3.05, 3.63) is 16.5 Å². The molecule has 0 fully saturated rings. The van der Waals surface area contributed by atoms with Gasteiger partial charge in [-0.2, -0.15) is 4.98 Å². The maximum Gasteiger partial charge on any atom is 0.217 e. The average molecular weight is 288 g/mol. The van der Waals surface area contributed by atoms with Crippen LogP contribution in [0.4, 0.5) is 0 Å². The molecule has 4 nitrogen and oxygen atoms in total. The van der Waals surface area contributed by atoms with Gasteiger partial charge in [0.25, 0.3) is 0 Å². The summed E-state index contributed by atoms with van der Waals surface area (Å²) >= 11 is 3.32. The van der Waals surface area contributed by atoms with Crippen LogP contribution in [0.1, 0.15) is 19.7 Å². The van der Waals surface area contributed by atoms with E-state index in [1.807, 2.05) is 21.0 Å². The number of aromatic nitrogens is 2. The summed E-state index contributed by atoms with van der Waals surface area (Å²) in [5.74, 6) is 1.31. The predicted molar refractivity (Wildman–Crippen MR) is 67.7 cm³/mol. The normalized spacial score (nSPS) is 11.9. The summed E-state index contributed by atoms with van der Waals surface area (Å²) < 4.78 is 6.42. The van der Waals surface area contributed by atoms with Gasteiger partial charge in [0.15, 0.2) is 0 Å².